The third-order valence-electron chi connectivity index (χ3n) is 3.94. The number of rotatable bonds is 4. The van der Waals surface area contributed by atoms with E-state index in [-0.39, 0.29) is 0 Å². The number of H-pyrrole nitrogens is 1. The molecule has 8 heteroatoms. The van der Waals surface area contributed by atoms with Crippen molar-refractivity contribution in [2.75, 3.05) is 0 Å². The van der Waals surface area contributed by atoms with Crippen molar-refractivity contribution >= 4 is 23.8 Å². The lowest BCUT2D eigenvalue weighted by molar-refractivity contribution is 0.572. The molecule has 130 valence electrons. The minimum atomic E-state index is 0.486. The average Bonchev–Trinajstić information content (AvgIpc) is 3.21. The molecule has 2 heterocycles. The van der Waals surface area contributed by atoms with E-state index in [1.165, 1.54) is 5.56 Å². The summed E-state index contributed by atoms with van der Waals surface area (Å²) in [6.07, 6.45) is 1.78. The Hall–Kier alpha value is -2.77. The maximum atomic E-state index is 6.06. The standard InChI is InChI=1S/C18H15ClN6S/c1-12-4-2-5-13(8-12)11-24-22-17(21-23-24)16-10-20-25(18(16)26)15-7-3-6-14(19)9-15/h2-10,20H,11H2,1H3. The van der Waals surface area contributed by atoms with Gasteiger partial charge in [-0.2, -0.15) is 4.80 Å². The molecule has 0 unspecified atom stereocenters. The zero-order valence-corrected chi connectivity index (χ0v) is 15.5. The first kappa shape index (κ1) is 16.7. The first-order chi connectivity index (χ1) is 12.6. The fourth-order valence-electron chi connectivity index (χ4n) is 2.73. The second kappa shape index (κ2) is 6.86. The zero-order valence-electron chi connectivity index (χ0n) is 13.9. The molecular weight excluding hydrogens is 368 g/mol. The van der Waals surface area contributed by atoms with Crippen molar-refractivity contribution in [1.82, 2.24) is 30.0 Å². The van der Waals surface area contributed by atoms with E-state index in [4.69, 9.17) is 23.8 Å². The van der Waals surface area contributed by atoms with Crippen LogP contribution in [0.25, 0.3) is 17.1 Å². The molecule has 6 nitrogen and oxygen atoms in total. The molecule has 0 spiro atoms. The molecular formula is C18H15ClN6S. The maximum absolute atomic E-state index is 6.06. The molecule has 0 radical (unpaired) electrons. The van der Waals surface area contributed by atoms with E-state index in [0.717, 1.165) is 16.8 Å². The van der Waals surface area contributed by atoms with Gasteiger partial charge in [0.05, 0.1) is 17.8 Å². The van der Waals surface area contributed by atoms with E-state index < -0.39 is 0 Å². The van der Waals surface area contributed by atoms with Gasteiger partial charge in [-0.05, 0) is 35.9 Å². The molecule has 0 aliphatic carbocycles. The Balaban J connectivity index is 1.63. The van der Waals surface area contributed by atoms with Crippen molar-refractivity contribution < 1.29 is 0 Å². The van der Waals surface area contributed by atoms with Gasteiger partial charge < -0.3 is 0 Å². The Morgan fingerprint density at radius 1 is 1.15 bits per heavy atom. The highest BCUT2D eigenvalue weighted by atomic mass is 35.5. The molecule has 0 aliphatic heterocycles. The van der Waals surface area contributed by atoms with Gasteiger partial charge in [-0.1, -0.05) is 59.7 Å². The molecule has 4 rings (SSSR count). The molecule has 0 aliphatic rings. The number of halogens is 1. The molecule has 4 aromatic rings. The smallest absolute Gasteiger partial charge is 0.209 e. The van der Waals surface area contributed by atoms with Gasteiger partial charge in [0.15, 0.2) is 0 Å². The SMILES string of the molecule is Cc1cccc(Cn2nnc(-c3c[nH]n(-c4cccc(Cl)c4)c3=S)n2)c1. The molecule has 0 bridgehead atoms. The second-order valence-electron chi connectivity index (χ2n) is 5.94. The summed E-state index contributed by atoms with van der Waals surface area (Å²) in [4.78, 5) is 1.57. The number of hydrogen-bond acceptors (Lipinski definition) is 4. The fraction of sp³-hybridized carbons (Fsp3) is 0.111. The topological polar surface area (TPSA) is 64.3 Å². The lowest BCUT2D eigenvalue weighted by Gasteiger charge is -2.02. The Kier molecular flexibility index (Phi) is 4.40. The van der Waals surface area contributed by atoms with Crippen molar-refractivity contribution in [2.24, 2.45) is 0 Å². The summed E-state index contributed by atoms with van der Waals surface area (Å²) in [6, 6.07) is 15.7. The van der Waals surface area contributed by atoms with Crippen LogP contribution in [0.1, 0.15) is 11.1 Å². The lowest BCUT2D eigenvalue weighted by atomic mass is 10.1. The van der Waals surface area contributed by atoms with Gasteiger partial charge in [-0.3, -0.25) is 5.10 Å². The number of aromatic nitrogens is 6. The van der Waals surface area contributed by atoms with E-state index in [9.17, 15) is 0 Å². The third-order valence-corrected chi connectivity index (χ3v) is 4.58. The number of aromatic amines is 1. The van der Waals surface area contributed by atoms with Gasteiger partial charge in [0, 0.05) is 11.2 Å². The van der Waals surface area contributed by atoms with Gasteiger partial charge in [-0.25, -0.2) is 4.68 Å². The van der Waals surface area contributed by atoms with Gasteiger partial charge in [0.25, 0.3) is 0 Å². The first-order valence-electron chi connectivity index (χ1n) is 8.00. The van der Waals surface area contributed by atoms with E-state index in [1.807, 2.05) is 36.4 Å². The summed E-state index contributed by atoms with van der Waals surface area (Å²) in [5.74, 6) is 0.486. The predicted molar refractivity (Wildman–Crippen MR) is 103 cm³/mol. The van der Waals surface area contributed by atoms with E-state index in [2.05, 4.69) is 39.6 Å². The Labute approximate surface area is 160 Å². The normalized spacial score (nSPS) is 11.0. The highest BCUT2D eigenvalue weighted by molar-refractivity contribution is 7.71. The van der Waals surface area contributed by atoms with E-state index in [1.54, 1.807) is 15.7 Å². The van der Waals surface area contributed by atoms with Gasteiger partial charge in [0.2, 0.25) is 5.82 Å². The molecule has 0 saturated carbocycles. The van der Waals surface area contributed by atoms with Crippen molar-refractivity contribution in [3.05, 3.63) is 75.5 Å². The summed E-state index contributed by atoms with van der Waals surface area (Å²) in [7, 11) is 0. The van der Waals surface area contributed by atoms with E-state index in [0.29, 0.717) is 22.0 Å². The first-order valence-corrected chi connectivity index (χ1v) is 8.79. The molecule has 2 aromatic heterocycles. The Morgan fingerprint density at radius 3 is 2.81 bits per heavy atom. The average molecular weight is 383 g/mol. The van der Waals surface area contributed by atoms with Gasteiger partial charge in [0.1, 0.15) is 4.64 Å². The predicted octanol–water partition coefficient (Wildman–Crippen LogP) is 4.20. The van der Waals surface area contributed by atoms with Gasteiger partial charge >= 0.3 is 0 Å². The zero-order chi connectivity index (χ0) is 18.1. The number of nitrogens with zero attached hydrogens (tertiary/aromatic N) is 5. The maximum Gasteiger partial charge on any atom is 0.209 e. The van der Waals surface area contributed by atoms with Crippen LogP contribution < -0.4 is 0 Å². The highest BCUT2D eigenvalue weighted by Gasteiger charge is 2.13. The summed E-state index contributed by atoms with van der Waals surface area (Å²) < 4.78 is 2.33. The second-order valence-corrected chi connectivity index (χ2v) is 6.76. The quantitative estimate of drug-likeness (QED) is 0.537. The number of hydrogen-bond donors (Lipinski definition) is 1. The van der Waals surface area contributed by atoms with Crippen LogP contribution >= 0.6 is 23.8 Å². The highest BCUT2D eigenvalue weighted by Crippen LogP contribution is 2.20. The molecule has 1 N–H and O–H groups in total. The molecule has 0 atom stereocenters. The monoisotopic (exact) mass is 382 g/mol. The minimum absolute atomic E-state index is 0.486. The Bertz CT molecular complexity index is 1130. The molecule has 0 saturated heterocycles. The van der Waals surface area contributed by atoms with Crippen molar-refractivity contribution in [2.45, 2.75) is 13.5 Å². The van der Waals surface area contributed by atoms with Crippen LogP contribution in [0.2, 0.25) is 5.02 Å². The van der Waals surface area contributed by atoms with Crippen molar-refractivity contribution in [3.8, 4) is 17.1 Å². The van der Waals surface area contributed by atoms with Crippen molar-refractivity contribution in [1.29, 1.82) is 0 Å². The number of benzene rings is 2. The number of nitrogens with one attached hydrogen (secondary N) is 1. The van der Waals surface area contributed by atoms with Crippen LogP contribution in [0.4, 0.5) is 0 Å². The summed E-state index contributed by atoms with van der Waals surface area (Å²) in [5.41, 5.74) is 3.89. The molecule has 0 amide bonds. The van der Waals surface area contributed by atoms with E-state index >= 15 is 0 Å². The fourth-order valence-corrected chi connectivity index (χ4v) is 3.22. The minimum Gasteiger partial charge on any atom is -0.299 e. The molecule has 0 fully saturated rings. The van der Waals surface area contributed by atoms with Crippen LogP contribution in [0.5, 0.6) is 0 Å². The van der Waals surface area contributed by atoms with Crippen LogP contribution in [0, 0.1) is 11.6 Å². The Morgan fingerprint density at radius 2 is 2.00 bits per heavy atom. The van der Waals surface area contributed by atoms with Crippen molar-refractivity contribution in [3.63, 3.8) is 0 Å². The number of tetrazole rings is 1. The molecule has 26 heavy (non-hydrogen) atoms. The summed E-state index contributed by atoms with van der Waals surface area (Å²) in [5, 5.41) is 16.5. The largest absolute Gasteiger partial charge is 0.299 e. The van der Waals surface area contributed by atoms with Crippen LogP contribution in [-0.2, 0) is 6.54 Å². The number of aryl methyl sites for hydroxylation is 1. The summed E-state index contributed by atoms with van der Waals surface area (Å²) in [6.45, 7) is 2.61. The molecule has 2 aromatic carbocycles. The van der Waals surface area contributed by atoms with Crippen LogP contribution in [0.3, 0.4) is 0 Å². The van der Waals surface area contributed by atoms with Crippen LogP contribution in [0.15, 0.2) is 54.7 Å². The summed E-state index contributed by atoms with van der Waals surface area (Å²) >= 11 is 11.6. The van der Waals surface area contributed by atoms with Crippen LogP contribution in [-0.4, -0.2) is 30.0 Å². The lowest BCUT2D eigenvalue weighted by Crippen LogP contribution is -2.04. The third kappa shape index (κ3) is 3.31. The van der Waals surface area contributed by atoms with Gasteiger partial charge in [-0.15, -0.1) is 10.2 Å².